The molecule has 1 amide bonds. The Morgan fingerprint density at radius 3 is 2.87 bits per heavy atom. The molecule has 8 nitrogen and oxygen atoms in total. The van der Waals surface area contributed by atoms with Crippen molar-refractivity contribution in [2.24, 2.45) is 0 Å². The zero-order valence-electron chi connectivity index (χ0n) is 12.4. The van der Waals surface area contributed by atoms with Gasteiger partial charge in [0.2, 0.25) is 10.0 Å². The predicted molar refractivity (Wildman–Crippen MR) is 79.7 cm³/mol. The third-order valence-electron chi connectivity index (χ3n) is 3.98. The van der Waals surface area contributed by atoms with Gasteiger partial charge >= 0.3 is 5.97 Å². The Balaban J connectivity index is 1.97. The first kappa shape index (κ1) is 15.8. The van der Waals surface area contributed by atoms with Gasteiger partial charge in [0.25, 0.3) is 5.91 Å². The molecular formula is C14H16N2O6S. The molecule has 2 heterocycles. The molecule has 124 valence electrons. The molecule has 0 saturated carbocycles. The molecule has 1 fully saturated rings. The molecule has 0 spiro atoms. The van der Waals surface area contributed by atoms with Crippen molar-refractivity contribution in [2.75, 3.05) is 11.9 Å². The number of nitrogens with zero attached hydrogens (tertiary/aromatic N) is 1. The molecule has 3 rings (SSSR count). The Hall–Kier alpha value is -2.13. The zero-order valence-corrected chi connectivity index (χ0v) is 13.2. The molecule has 0 aliphatic carbocycles. The number of rotatable bonds is 3. The molecule has 0 bridgehead atoms. The topological polar surface area (TPSA) is 113 Å². The highest BCUT2D eigenvalue weighted by molar-refractivity contribution is 7.89. The zero-order chi connectivity index (χ0) is 16.8. The van der Waals surface area contributed by atoms with Crippen molar-refractivity contribution in [2.45, 2.75) is 36.8 Å². The minimum Gasteiger partial charge on any atom is -0.480 e. The highest BCUT2D eigenvalue weighted by Crippen LogP contribution is 2.34. The third-order valence-corrected chi connectivity index (χ3v) is 5.88. The highest BCUT2D eigenvalue weighted by Gasteiger charge is 2.40. The van der Waals surface area contributed by atoms with Crippen LogP contribution in [0.2, 0.25) is 0 Å². The lowest BCUT2D eigenvalue weighted by Gasteiger charge is -2.25. The largest absolute Gasteiger partial charge is 0.480 e. The van der Waals surface area contributed by atoms with Gasteiger partial charge in [-0.3, -0.25) is 9.59 Å². The van der Waals surface area contributed by atoms with Crippen molar-refractivity contribution in [3.8, 4) is 5.75 Å². The van der Waals surface area contributed by atoms with Crippen molar-refractivity contribution >= 4 is 27.6 Å². The van der Waals surface area contributed by atoms with Crippen LogP contribution in [0.25, 0.3) is 0 Å². The van der Waals surface area contributed by atoms with Crippen LogP contribution in [-0.2, 0) is 19.6 Å². The molecule has 0 unspecified atom stereocenters. The lowest BCUT2D eigenvalue weighted by molar-refractivity contribution is -0.140. The lowest BCUT2D eigenvalue weighted by Crippen LogP contribution is -2.40. The molecule has 2 aliphatic heterocycles. The monoisotopic (exact) mass is 340 g/mol. The van der Waals surface area contributed by atoms with Gasteiger partial charge in [-0.1, -0.05) is 0 Å². The number of benzene rings is 1. The number of nitrogens with one attached hydrogen (secondary N) is 1. The summed E-state index contributed by atoms with van der Waals surface area (Å²) in [4.78, 5) is 22.8. The van der Waals surface area contributed by atoms with Crippen LogP contribution in [0.4, 0.5) is 5.69 Å². The molecule has 2 atom stereocenters. The summed E-state index contributed by atoms with van der Waals surface area (Å²) in [5.41, 5.74) is 0.264. The minimum absolute atomic E-state index is 0.0668. The number of anilines is 1. The number of carboxylic acid groups (broad SMARTS) is 1. The molecule has 2 N–H and O–H groups in total. The first-order valence-electron chi connectivity index (χ1n) is 7.17. The first-order chi connectivity index (χ1) is 10.8. The summed E-state index contributed by atoms with van der Waals surface area (Å²) in [6.45, 7) is 1.75. The normalized spacial score (nSPS) is 24.7. The van der Waals surface area contributed by atoms with Crippen LogP contribution >= 0.6 is 0 Å². The van der Waals surface area contributed by atoms with Crippen molar-refractivity contribution in [3.63, 3.8) is 0 Å². The second-order valence-corrected chi connectivity index (χ2v) is 7.41. The number of carboxylic acids is 1. The van der Waals surface area contributed by atoms with Gasteiger partial charge in [-0.15, -0.1) is 0 Å². The summed E-state index contributed by atoms with van der Waals surface area (Å²) in [5.74, 6) is -1.14. The van der Waals surface area contributed by atoms with E-state index >= 15 is 0 Å². The van der Waals surface area contributed by atoms with Gasteiger partial charge in [-0.2, -0.15) is 4.31 Å². The number of ether oxygens (including phenoxy) is 1. The average molecular weight is 340 g/mol. The summed E-state index contributed by atoms with van der Waals surface area (Å²) < 4.78 is 31.8. The molecule has 1 aromatic rings. The fourth-order valence-corrected chi connectivity index (χ4v) is 4.44. The van der Waals surface area contributed by atoms with E-state index in [2.05, 4.69) is 5.32 Å². The Kier molecular flexibility index (Phi) is 3.77. The number of sulfonamides is 1. The van der Waals surface area contributed by atoms with Gasteiger partial charge in [-0.25, -0.2) is 8.42 Å². The van der Waals surface area contributed by atoms with E-state index in [1.807, 2.05) is 0 Å². The van der Waals surface area contributed by atoms with E-state index in [0.29, 0.717) is 12.2 Å². The van der Waals surface area contributed by atoms with Crippen molar-refractivity contribution in [3.05, 3.63) is 18.2 Å². The molecule has 1 aromatic carbocycles. The summed E-state index contributed by atoms with van der Waals surface area (Å²) in [6, 6.07) is 3.06. The predicted octanol–water partition coefficient (Wildman–Crippen LogP) is 0.644. The van der Waals surface area contributed by atoms with Crippen LogP contribution in [0.3, 0.4) is 0 Å². The average Bonchev–Trinajstić information content (AvgIpc) is 2.98. The second kappa shape index (κ2) is 5.50. The van der Waals surface area contributed by atoms with Gasteiger partial charge in [0.05, 0.1) is 10.6 Å². The first-order valence-corrected chi connectivity index (χ1v) is 8.61. The van der Waals surface area contributed by atoms with E-state index in [0.717, 1.165) is 4.31 Å². The molecular weight excluding hydrogens is 324 g/mol. The SMILES string of the molecule is C[C@@H]1Oc2ccc(S(=O)(=O)N3CCC[C@H]3C(=O)O)cc2NC1=O. The molecule has 2 aliphatic rings. The standard InChI is InChI=1S/C14H16N2O6S/c1-8-13(17)15-10-7-9(4-5-12(10)22-8)23(20,21)16-6-2-3-11(16)14(18)19/h4-5,7-8,11H,2-3,6H2,1H3,(H,15,17)(H,18,19)/t8-,11-/m0/s1. The van der Waals surface area contributed by atoms with Crippen LogP contribution in [0.5, 0.6) is 5.75 Å². The van der Waals surface area contributed by atoms with Gasteiger partial charge in [0.15, 0.2) is 6.10 Å². The quantitative estimate of drug-likeness (QED) is 0.835. The smallest absolute Gasteiger partial charge is 0.322 e. The molecule has 1 saturated heterocycles. The van der Waals surface area contributed by atoms with Crippen LogP contribution < -0.4 is 10.1 Å². The number of carbonyl (C=O) groups is 2. The molecule has 0 radical (unpaired) electrons. The fraction of sp³-hybridized carbons (Fsp3) is 0.429. The number of hydrogen-bond donors (Lipinski definition) is 2. The van der Waals surface area contributed by atoms with Crippen molar-refractivity contribution in [1.29, 1.82) is 0 Å². The second-order valence-electron chi connectivity index (χ2n) is 5.52. The summed E-state index contributed by atoms with van der Waals surface area (Å²) in [7, 11) is -3.95. The third kappa shape index (κ3) is 2.66. The molecule has 23 heavy (non-hydrogen) atoms. The summed E-state index contributed by atoms with van der Waals surface area (Å²) in [6.07, 6.45) is 0.134. The van der Waals surface area contributed by atoms with Crippen LogP contribution in [0.1, 0.15) is 19.8 Å². The Morgan fingerprint density at radius 2 is 2.17 bits per heavy atom. The maximum atomic E-state index is 12.7. The number of carbonyl (C=O) groups excluding carboxylic acids is 1. The Bertz CT molecular complexity index is 775. The van der Waals surface area contributed by atoms with Crippen molar-refractivity contribution in [1.82, 2.24) is 4.31 Å². The lowest BCUT2D eigenvalue weighted by atomic mass is 10.2. The number of aliphatic carboxylic acids is 1. The molecule has 9 heteroatoms. The van der Waals surface area contributed by atoms with Crippen LogP contribution in [0.15, 0.2) is 23.1 Å². The van der Waals surface area contributed by atoms with Crippen molar-refractivity contribution < 1.29 is 27.9 Å². The fourth-order valence-electron chi connectivity index (χ4n) is 2.76. The van der Waals surface area contributed by atoms with E-state index in [1.54, 1.807) is 6.92 Å². The number of fused-ring (bicyclic) bond motifs is 1. The van der Waals surface area contributed by atoms with E-state index in [9.17, 15) is 18.0 Å². The van der Waals surface area contributed by atoms with Gasteiger partial charge < -0.3 is 15.2 Å². The summed E-state index contributed by atoms with van der Waals surface area (Å²) in [5, 5.41) is 11.8. The minimum atomic E-state index is -3.95. The summed E-state index contributed by atoms with van der Waals surface area (Å²) >= 11 is 0. The van der Waals surface area contributed by atoms with Gasteiger partial charge in [0, 0.05) is 6.54 Å². The maximum absolute atomic E-state index is 12.7. The van der Waals surface area contributed by atoms with Crippen LogP contribution in [0, 0.1) is 0 Å². The van der Waals surface area contributed by atoms with Gasteiger partial charge in [-0.05, 0) is 38.0 Å². The Labute approximate surface area is 133 Å². The molecule has 0 aromatic heterocycles. The van der Waals surface area contributed by atoms with E-state index in [1.165, 1.54) is 18.2 Å². The van der Waals surface area contributed by atoms with Gasteiger partial charge in [0.1, 0.15) is 11.8 Å². The number of hydrogen-bond acceptors (Lipinski definition) is 5. The number of amides is 1. The highest BCUT2D eigenvalue weighted by atomic mass is 32.2. The van der Waals surface area contributed by atoms with E-state index < -0.39 is 28.1 Å². The van der Waals surface area contributed by atoms with E-state index in [4.69, 9.17) is 9.84 Å². The van der Waals surface area contributed by atoms with E-state index in [-0.39, 0.29) is 29.5 Å². The Morgan fingerprint density at radius 1 is 1.43 bits per heavy atom. The maximum Gasteiger partial charge on any atom is 0.322 e. The van der Waals surface area contributed by atoms with Crippen LogP contribution in [-0.4, -0.2) is 48.4 Å².